The van der Waals surface area contributed by atoms with Crippen molar-refractivity contribution in [1.29, 1.82) is 0 Å². The second-order valence-electron chi connectivity index (χ2n) is 6.80. The van der Waals surface area contributed by atoms with Gasteiger partial charge in [-0.15, -0.1) is 0 Å². The van der Waals surface area contributed by atoms with Crippen molar-refractivity contribution in [2.75, 3.05) is 16.8 Å². The molecule has 3 aromatic rings. The summed E-state index contributed by atoms with van der Waals surface area (Å²) in [7, 11) is -1.32. The number of nitrogens with zero attached hydrogens (tertiary/aromatic N) is 6. The van der Waals surface area contributed by atoms with Gasteiger partial charge in [-0.3, -0.25) is 9.40 Å². The highest BCUT2D eigenvalue weighted by atomic mass is 32.2. The van der Waals surface area contributed by atoms with Crippen molar-refractivity contribution < 1.29 is 31.4 Å². The summed E-state index contributed by atoms with van der Waals surface area (Å²) in [6.07, 6.45) is -1.09. The highest BCUT2D eigenvalue weighted by molar-refractivity contribution is 7.92. The molecule has 1 unspecified atom stereocenters. The topological polar surface area (TPSA) is 135 Å². The Morgan fingerprint density at radius 1 is 1.22 bits per heavy atom. The summed E-state index contributed by atoms with van der Waals surface area (Å²) >= 11 is 0. The fraction of sp³-hybridized carbons (Fsp3) is 0.294. The van der Waals surface area contributed by atoms with E-state index in [1.807, 2.05) is 0 Å². The minimum absolute atomic E-state index is 0.00380. The molecule has 0 fully saturated rings. The molecule has 1 aliphatic heterocycles. The number of aliphatic hydroxyl groups is 1. The molecule has 3 aromatic heterocycles. The maximum Gasteiger partial charge on any atom is 0.438 e. The molecule has 4 rings (SSSR count). The zero-order valence-corrected chi connectivity index (χ0v) is 17.4. The Morgan fingerprint density at radius 3 is 2.59 bits per heavy atom. The number of pyridine rings is 2. The van der Waals surface area contributed by atoms with Crippen LogP contribution in [0, 0.1) is 0 Å². The molecule has 0 spiro atoms. The summed E-state index contributed by atoms with van der Waals surface area (Å²) in [5.74, 6) is -0.388. The fourth-order valence-corrected chi connectivity index (χ4v) is 4.17. The predicted molar refractivity (Wildman–Crippen MR) is 107 cm³/mol. The Hall–Kier alpha value is -3.46. The van der Waals surface area contributed by atoms with Crippen molar-refractivity contribution >= 4 is 38.6 Å². The van der Waals surface area contributed by atoms with Crippen LogP contribution < -0.4 is 14.5 Å². The standard InChI is InChI=1S/C17H16F3N7O4S/c1-26-14-10(8-24-26)7-22-15(31-2)13(14)25-32(29,30)11-3-4-12(21-9-11)27-16(28,5-6-23-27)17(18,19)20/h3-4,6-9,25,28H,5H2,1-2H3. The van der Waals surface area contributed by atoms with Gasteiger partial charge in [0.1, 0.15) is 10.6 Å². The summed E-state index contributed by atoms with van der Waals surface area (Å²) in [6.45, 7) is 0. The number of ether oxygens (including phenoxy) is 1. The Balaban J connectivity index is 1.68. The lowest BCUT2D eigenvalue weighted by Gasteiger charge is -2.33. The van der Waals surface area contributed by atoms with E-state index in [0.717, 1.165) is 24.5 Å². The molecule has 0 aliphatic carbocycles. The number of hydrazone groups is 1. The third kappa shape index (κ3) is 3.38. The van der Waals surface area contributed by atoms with Crippen molar-refractivity contribution in [3.8, 4) is 5.88 Å². The van der Waals surface area contributed by atoms with Crippen LogP contribution >= 0.6 is 0 Å². The number of halogens is 3. The largest absolute Gasteiger partial charge is 0.479 e. The maximum atomic E-state index is 13.3. The van der Waals surface area contributed by atoms with Gasteiger partial charge in [-0.25, -0.2) is 23.4 Å². The molecule has 1 aliphatic rings. The summed E-state index contributed by atoms with van der Waals surface area (Å²) in [6, 6.07) is 2.05. The van der Waals surface area contributed by atoms with Crippen molar-refractivity contribution in [3.63, 3.8) is 0 Å². The van der Waals surface area contributed by atoms with Crippen LogP contribution in [0.5, 0.6) is 5.88 Å². The number of methoxy groups -OCH3 is 1. The Morgan fingerprint density at radius 2 is 1.97 bits per heavy atom. The maximum absolute atomic E-state index is 13.3. The molecule has 15 heteroatoms. The number of sulfonamides is 1. The first kappa shape index (κ1) is 21.8. The van der Waals surface area contributed by atoms with Crippen LogP contribution in [0.1, 0.15) is 6.42 Å². The van der Waals surface area contributed by atoms with Crippen molar-refractivity contribution in [2.45, 2.75) is 23.2 Å². The van der Waals surface area contributed by atoms with Gasteiger partial charge in [0.15, 0.2) is 5.82 Å². The predicted octanol–water partition coefficient (Wildman–Crippen LogP) is 1.62. The van der Waals surface area contributed by atoms with Gasteiger partial charge in [-0.1, -0.05) is 0 Å². The second-order valence-corrected chi connectivity index (χ2v) is 8.48. The molecule has 0 saturated carbocycles. The molecule has 0 amide bonds. The quantitative estimate of drug-likeness (QED) is 0.573. The minimum atomic E-state index is -5.01. The van der Waals surface area contributed by atoms with Crippen LogP contribution in [-0.2, 0) is 17.1 Å². The van der Waals surface area contributed by atoms with Gasteiger partial charge >= 0.3 is 6.18 Å². The van der Waals surface area contributed by atoms with Gasteiger partial charge in [0.25, 0.3) is 15.7 Å². The Kier molecular flexibility index (Phi) is 4.97. The lowest BCUT2D eigenvalue weighted by atomic mass is 10.1. The van der Waals surface area contributed by atoms with Gasteiger partial charge in [0.05, 0.1) is 18.8 Å². The van der Waals surface area contributed by atoms with Crippen molar-refractivity contribution in [3.05, 3.63) is 30.7 Å². The van der Waals surface area contributed by atoms with Crippen LogP contribution in [-0.4, -0.2) is 58.5 Å². The van der Waals surface area contributed by atoms with E-state index in [1.54, 1.807) is 7.05 Å². The first-order chi connectivity index (χ1) is 15.0. The number of aryl methyl sites for hydroxylation is 1. The number of hydrogen-bond acceptors (Lipinski definition) is 9. The number of nitrogens with one attached hydrogen (secondary N) is 1. The van der Waals surface area contributed by atoms with Crippen LogP contribution in [0.15, 0.2) is 40.7 Å². The van der Waals surface area contributed by atoms with Gasteiger partial charge in [-0.05, 0) is 12.1 Å². The normalized spacial score (nSPS) is 19.0. The van der Waals surface area contributed by atoms with E-state index in [9.17, 15) is 26.7 Å². The summed E-state index contributed by atoms with van der Waals surface area (Å²) in [5, 5.41) is 18.4. The molecule has 1 atom stereocenters. The average Bonchev–Trinajstić information content (AvgIpc) is 3.32. The molecular formula is C17H16F3N7O4S. The number of aromatic nitrogens is 4. The van der Waals surface area contributed by atoms with Gasteiger partial charge in [0, 0.05) is 37.5 Å². The zero-order chi connectivity index (χ0) is 23.3. The molecule has 11 nitrogen and oxygen atoms in total. The zero-order valence-electron chi connectivity index (χ0n) is 16.6. The van der Waals surface area contributed by atoms with E-state index in [1.165, 1.54) is 24.2 Å². The number of alkyl halides is 3. The number of anilines is 2. The van der Waals surface area contributed by atoms with E-state index in [0.29, 0.717) is 15.9 Å². The number of hydrogen-bond donors (Lipinski definition) is 2. The molecule has 4 heterocycles. The molecule has 32 heavy (non-hydrogen) atoms. The molecule has 2 N–H and O–H groups in total. The van der Waals surface area contributed by atoms with E-state index < -0.39 is 28.3 Å². The average molecular weight is 471 g/mol. The Labute approximate surface area is 179 Å². The van der Waals surface area contributed by atoms with Crippen LogP contribution in [0.4, 0.5) is 24.7 Å². The fourth-order valence-electron chi connectivity index (χ4n) is 3.16. The van der Waals surface area contributed by atoms with Gasteiger partial charge in [-0.2, -0.15) is 23.4 Å². The van der Waals surface area contributed by atoms with Gasteiger partial charge < -0.3 is 9.84 Å². The highest BCUT2D eigenvalue weighted by Crippen LogP contribution is 2.40. The van der Waals surface area contributed by atoms with E-state index >= 15 is 0 Å². The molecule has 0 saturated heterocycles. The second kappa shape index (κ2) is 7.30. The van der Waals surface area contributed by atoms with Gasteiger partial charge in [0.2, 0.25) is 5.88 Å². The highest BCUT2D eigenvalue weighted by Gasteiger charge is 2.60. The summed E-state index contributed by atoms with van der Waals surface area (Å²) < 4.78 is 74.6. The van der Waals surface area contributed by atoms with Crippen LogP contribution in [0.3, 0.4) is 0 Å². The lowest BCUT2D eigenvalue weighted by Crippen LogP contribution is -2.55. The van der Waals surface area contributed by atoms with E-state index in [4.69, 9.17) is 4.74 Å². The van der Waals surface area contributed by atoms with E-state index in [2.05, 4.69) is 24.9 Å². The Bertz CT molecular complexity index is 1310. The van der Waals surface area contributed by atoms with Crippen LogP contribution in [0.2, 0.25) is 0 Å². The third-order valence-electron chi connectivity index (χ3n) is 4.79. The first-order valence-electron chi connectivity index (χ1n) is 8.93. The number of rotatable bonds is 5. The molecule has 0 bridgehead atoms. The SMILES string of the molecule is COc1ncc2cnn(C)c2c1NS(=O)(=O)c1ccc(N2N=CCC2(O)C(F)(F)F)nc1. The summed E-state index contributed by atoms with van der Waals surface area (Å²) in [5.41, 5.74) is -2.83. The smallest absolute Gasteiger partial charge is 0.438 e. The number of fused-ring (bicyclic) bond motifs is 1. The molecule has 0 radical (unpaired) electrons. The monoisotopic (exact) mass is 471 g/mol. The summed E-state index contributed by atoms with van der Waals surface area (Å²) in [4.78, 5) is 7.46. The van der Waals surface area contributed by atoms with Crippen molar-refractivity contribution in [2.24, 2.45) is 12.1 Å². The van der Waals surface area contributed by atoms with Crippen molar-refractivity contribution in [1.82, 2.24) is 19.7 Å². The molecule has 0 aromatic carbocycles. The minimum Gasteiger partial charge on any atom is -0.479 e. The molecule has 170 valence electrons. The van der Waals surface area contributed by atoms with Crippen LogP contribution in [0.25, 0.3) is 10.9 Å². The first-order valence-corrected chi connectivity index (χ1v) is 10.4. The lowest BCUT2D eigenvalue weighted by molar-refractivity contribution is -0.254. The molecular weight excluding hydrogens is 455 g/mol. The van der Waals surface area contributed by atoms with E-state index in [-0.39, 0.29) is 22.3 Å². The third-order valence-corrected chi connectivity index (χ3v) is 6.13.